The molecule has 1 unspecified atom stereocenters. The van der Waals surface area contributed by atoms with Crippen LogP contribution in [0.25, 0.3) is 0 Å². The summed E-state index contributed by atoms with van der Waals surface area (Å²) in [5, 5.41) is 30.1. The first-order valence-corrected chi connectivity index (χ1v) is 11.9. The van der Waals surface area contributed by atoms with Gasteiger partial charge in [0.25, 0.3) is 0 Å². The third kappa shape index (κ3) is 5.11. The molecule has 0 aromatic rings. The molecule has 0 amide bonds. The predicted molar refractivity (Wildman–Crippen MR) is 124 cm³/mol. The summed E-state index contributed by atoms with van der Waals surface area (Å²) in [6, 6.07) is 0. The Kier molecular flexibility index (Phi) is 7.04. The van der Waals surface area contributed by atoms with Crippen LogP contribution in [0.5, 0.6) is 0 Å². The zero-order valence-corrected chi connectivity index (χ0v) is 19.5. The number of fused-ring (bicyclic) bond motifs is 1. The van der Waals surface area contributed by atoms with Crippen LogP contribution in [0.3, 0.4) is 0 Å². The summed E-state index contributed by atoms with van der Waals surface area (Å²) in [6.45, 7) is 12.7. The van der Waals surface area contributed by atoms with E-state index in [-0.39, 0.29) is 17.1 Å². The van der Waals surface area contributed by atoms with Gasteiger partial charge in [-0.3, -0.25) is 0 Å². The molecule has 30 heavy (non-hydrogen) atoms. The zero-order chi connectivity index (χ0) is 22.1. The van der Waals surface area contributed by atoms with Crippen LogP contribution >= 0.6 is 0 Å². The van der Waals surface area contributed by atoms with Crippen LogP contribution in [-0.4, -0.2) is 27.0 Å². The summed E-state index contributed by atoms with van der Waals surface area (Å²) in [5.41, 5.74) is 3.69. The Balaban J connectivity index is 1.67. The van der Waals surface area contributed by atoms with Gasteiger partial charge < -0.3 is 15.3 Å². The van der Waals surface area contributed by atoms with Crippen LogP contribution in [-0.2, 0) is 0 Å². The van der Waals surface area contributed by atoms with E-state index in [9.17, 15) is 15.3 Å². The molecule has 0 aliphatic heterocycles. The Morgan fingerprint density at radius 1 is 1.37 bits per heavy atom. The molecular weight excluding hydrogens is 372 g/mol. The number of hydrogen-bond donors (Lipinski definition) is 3. The molecule has 3 nitrogen and oxygen atoms in total. The predicted octanol–water partition coefficient (Wildman–Crippen LogP) is 6.40. The molecule has 0 radical (unpaired) electrons. The molecule has 5 atom stereocenters. The number of aliphatic hydroxyl groups excluding tert-OH is 2. The fourth-order valence-corrected chi connectivity index (χ4v) is 6.14. The van der Waals surface area contributed by atoms with Crippen LogP contribution in [0, 0.1) is 23.2 Å². The van der Waals surface area contributed by atoms with Gasteiger partial charge in [-0.25, -0.2) is 0 Å². The minimum Gasteiger partial charge on any atom is -0.513 e. The first-order valence-electron chi connectivity index (χ1n) is 11.9. The van der Waals surface area contributed by atoms with E-state index in [4.69, 9.17) is 0 Å². The van der Waals surface area contributed by atoms with Crippen molar-refractivity contribution in [3.8, 4) is 0 Å². The van der Waals surface area contributed by atoms with E-state index in [1.807, 2.05) is 19.9 Å². The number of allylic oxidation sites excluding steroid dienone is 5. The SMILES string of the molecule is C=C1C(C/C=C2\CCC[C@]3(C)C([C@H](C)CCCC(C)(C)O)=CC[C@@H]23)C=C(O)C[C@@H]1O. The average Bonchev–Trinajstić information content (AvgIpc) is 3.00. The Bertz CT molecular complexity index is 736. The molecule has 0 spiro atoms. The maximum atomic E-state index is 10.1. The van der Waals surface area contributed by atoms with E-state index in [1.54, 1.807) is 11.1 Å². The van der Waals surface area contributed by atoms with E-state index in [0.717, 1.165) is 44.1 Å². The second-order valence-corrected chi connectivity index (χ2v) is 10.9. The standard InChI is InChI=1S/C27H42O3/c1-18(8-6-14-26(3,4)30)23-12-13-24-20(9-7-15-27(23,24)5)10-11-21-16-22(28)17-25(29)19(21)2/h10,12,16,18,21,24-25,28-30H,2,6-9,11,13-15,17H2,1,3-5H3/b20-10+/t18-,21?,24+,25+,27-/m1/s1. The lowest BCUT2D eigenvalue weighted by molar-refractivity contribution is 0.0670. The number of hydrogen-bond acceptors (Lipinski definition) is 3. The second kappa shape index (κ2) is 9.04. The van der Waals surface area contributed by atoms with Gasteiger partial charge in [0.15, 0.2) is 0 Å². The molecule has 0 bridgehead atoms. The Morgan fingerprint density at radius 2 is 2.10 bits per heavy atom. The van der Waals surface area contributed by atoms with Gasteiger partial charge in [-0.05, 0) is 87.7 Å². The van der Waals surface area contributed by atoms with E-state index >= 15 is 0 Å². The van der Waals surface area contributed by atoms with Gasteiger partial charge in [0.1, 0.15) is 0 Å². The summed E-state index contributed by atoms with van der Waals surface area (Å²) in [5.74, 6) is 1.47. The normalized spacial score (nSPS) is 34.5. The van der Waals surface area contributed by atoms with Crippen molar-refractivity contribution in [2.75, 3.05) is 0 Å². The molecule has 0 saturated heterocycles. The summed E-state index contributed by atoms with van der Waals surface area (Å²) >= 11 is 0. The van der Waals surface area contributed by atoms with Gasteiger partial charge in [0.05, 0.1) is 17.5 Å². The van der Waals surface area contributed by atoms with Crippen molar-refractivity contribution in [1.29, 1.82) is 0 Å². The first kappa shape index (κ1) is 23.3. The minimum absolute atomic E-state index is 0.0315. The third-order valence-corrected chi connectivity index (χ3v) is 7.90. The van der Waals surface area contributed by atoms with Crippen molar-refractivity contribution in [2.24, 2.45) is 23.2 Å². The molecule has 1 fully saturated rings. The largest absolute Gasteiger partial charge is 0.513 e. The highest BCUT2D eigenvalue weighted by molar-refractivity contribution is 5.33. The van der Waals surface area contributed by atoms with Gasteiger partial charge in [-0.1, -0.05) is 50.1 Å². The van der Waals surface area contributed by atoms with E-state index in [1.165, 1.54) is 12.8 Å². The highest BCUT2D eigenvalue weighted by Crippen LogP contribution is 2.57. The maximum absolute atomic E-state index is 10.1. The molecule has 0 heterocycles. The average molecular weight is 415 g/mol. The van der Waals surface area contributed by atoms with Gasteiger partial charge in [-0.15, -0.1) is 0 Å². The summed E-state index contributed by atoms with van der Waals surface area (Å²) in [7, 11) is 0. The van der Waals surface area contributed by atoms with Crippen LogP contribution in [0.2, 0.25) is 0 Å². The molecule has 3 aliphatic rings. The quantitative estimate of drug-likeness (QED) is 0.423. The van der Waals surface area contributed by atoms with Crippen LogP contribution in [0.1, 0.15) is 85.5 Å². The molecular formula is C27H42O3. The summed E-state index contributed by atoms with van der Waals surface area (Å²) in [4.78, 5) is 0. The van der Waals surface area contributed by atoms with Crippen LogP contribution in [0.4, 0.5) is 0 Å². The monoisotopic (exact) mass is 414 g/mol. The lowest BCUT2D eigenvalue weighted by Crippen LogP contribution is -2.32. The Hall–Kier alpha value is -1.32. The highest BCUT2D eigenvalue weighted by atomic mass is 16.3. The van der Waals surface area contributed by atoms with Gasteiger partial charge >= 0.3 is 0 Å². The Labute approximate surface area is 183 Å². The van der Waals surface area contributed by atoms with Crippen molar-refractivity contribution in [2.45, 2.75) is 97.2 Å². The third-order valence-electron chi connectivity index (χ3n) is 7.90. The highest BCUT2D eigenvalue weighted by Gasteiger charge is 2.45. The molecule has 3 aliphatic carbocycles. The summed E-state index contributed by atoms with van der Waals surface area (Å²) in [6.07, 6.45) is 15.1. The molecule has 0 aromatic carbocycles. The van der Waals surface area contributed by atoms with Gasteiger partial charge in [0, 0.05) is 12.3 Å². The van der Waals surface area contributed by atoms with Crippen LogP contribution in [0.15, 0.2) is 47.3 Å². The van der Waals surface area contributed by atoms with Crippen molar-refractivity contribution in [3.63, 3.8) is 0 Å². The lowest BCUT2D eigenvalue weighted by Gasteiger charge is -2.43. The number of aliphatic hydroxyl groups is 3. The molecule has 3 rings (SSSR count). The molecule has 3 heteroatoms. The molecule has 1 saturated carbocycles. The minimum atomic E-state index is -0.625. The second-order valence-electron chi connectivity index (χ2n) is 10.9. The topological polar surface area (TPSA) is 60.7 Å². The fraction of sp³-hybridized carbons (Fsp3) is 0.704. The summed E-state index contributed by atoms with van der Waals surface area (Å²) < 4.78 is 0. The lowest BCUT2D eigenvalue weighted by atomic mass is 9.62. The van der Waals surface area contributed by atoms with Crippen LogP contribution < -0.4 is 0 Å². The van der Waals surface area contributed by atoms with Crippen molar-refractivity contribution < 1.29 is 15.3 Å². The van der Waals surface area contributed by atoms with Gasteiger partial charge in [-0.2, -0.15) is 0 Å². The fourth-order valence-electron chi connectivity index (χ4n) is 6.14. The molecule has 168 valence electrons. The number of rotatable bonds is 7. The Morgan fingerprint density at radius 3 is 2.80 bits per heavy atom. The zero-order valence-electron chi connectivity index (χ0n) is 19.5. The van der Waals surface area contributed by atoms with Crippen molar-refractivity contribution >= 4 is 0 Å². The van der Waals surface area contributed by atoms with Gasteiger partial charge in [0.2, 0.25) is 0 Å². The van der Waals surface area contributed by atoms with E-state index in [0.29, 0.717) is 18.3 Å². The van der Waals surface area contributed by atoms with Crippen molar-refractivity contribution in [3.05, 3.63) is 47.3 Å². The first-order chi connectivity index (χ1) is 14.0. The maximum Gasteiger partial charge on any atom is 0.0918 e. The van der Waals surface area contributed by atoms with E-state index in [2.05, 4.69) is 32.6 Å². The molecule has 3 N–H and O–H groups in total. The molecule has 0 aromatic heterocycles. The van der Waals surface area contributed by atoms with Crippen molar-refractivity contribution in [1.82, 2.24) is 0 Å². The van der Waals surface area contributed by atoms with E-state index < -0.39 is 11.7 Å². The smallest absolute Gasteiger partial charge is 0.0918 e.